The summed E-state index contributed by atoms with van der Waals surface area (Å²) in [6.07, 6.45) is 5.69. The molecule has 0 radical (unpaired) electrons. The average molecular weight is 218 g/mol. The van der Waals surface area contributed by atoms with Crippen LogP contribution in [0.1, 0.15) is 12.8 Å². The number of hydrogen-bond acceptors (Lipinski definition) is 5. The molecule has 1 saturated heterocycles. The zero-order valence-electron chi connectivity index (χ0n) is 8.97. The van der Waals surface area contributed by atoms with E-state index in [-0.39, 0.29) is 6.04 Å². The molecule has 2 aromatic heterocycles. The summed E-state index contributed by atoms with van der Waals surface area (Å²) in [5, 5.41) is 4.68. The van der Waals surface area contributed by atoms with Crippen molar-refractivity contribution in [3.8, 4) is 0 Å². The summed E-state index contributed by atoms with van der Waals surface area (Å²) in [4.78, 5) is 6.61. The number of nitrogens with zero attached hydrogens (tertiary/aromatic N) is 3. The number of pyridine rings is 1. The van der Waals surface area contributed by atoms with Crippen molar-refractivity contribution in [2.24, 2.45) is 5.73 Å². The fourth-order valence-corrected chi connectivity index (χ4v) is 2.14. The van der Waals surface area contributed by atoms with Crippen molar-refractivity contribution in [3.05, 3.63) is 18.5 Å². The second kappa shape index (κ2) is 3.75. The van der Waals surface area contributed by atoms with E-state index >= 15 is 0 Å². The van der Waals surface area contributed by atoms with Crippen molar-refractivity contribution < 1.29 is 4.52 Å². The molecule has 5 nitrogen and oxygen atoms in total. The summed E-state index contributed by atoms with van der Waals surface area (Å²) in [5.74, 6) is 0.930. The van der Waals surface area contributed by atoms with E-state index in [1.54, 1.807) is 12.4 Å². The predicted molar refractivity (Wildman–Crippen MR) is 61.2 cm³/mol. The van der Waals surface area contributed by atoms with Gasteiger partial charge in [-0.2, -0.15) is 0 Å². The number of piperidine rings is 1. The van der Waals surface area contributed by atoms with Crippen LogP contribution in [0.15, 0.2) is 23.0 Å². The molecule has 1 aliphatic rings. The Morgan fingerprint density at radius 2 is 2.38 bits per heavy atom. The van der Waals surface area contributed by atoms with Crippen molar-refractivity contribution in [2.75, 3.05) is 18.0 Å². The highest BCUT2D eigenvalue weighted by atomic mass is 16.5. The first-order valence-corrected chi connectivity index (χ1v) is 5.54. The van der Waals surface area contributed by atoms with Gasteiger partial charge in [-0.05, 0) is 12.8 Å². The van der Waals surface area contributed by atoms with Gasteiger partial charge in [0, 0.05) is 31.4 Å². The fourth-order valence-electron chi connectivity index (χ4n) is 2.14. The molecular weight excluding hydrogens is 204 g/mol. The highest BCUT2D eigenvalue weighted by Gasteiger charge is 2.18. The van der Waals surface area contributed by atoms with Gasteiger partial charge in [0.25, 0.3) is 0 Å². The SMILES string of the molecule is NC1CCCN(c2cc3oncc3cn2)C1. The molecule has 0 saturated carbocycles. The van der Waals surface area contributed by atoms with Crippen molar-refractivity contribution in [1.29, 1.82) is 0 Å². The van der Waals surface area contributed by atoms with Gasteiger partial charge >= 0.3 is 0 Å². The number of hydrogen-bond donors (Lipinski definition) is 1. The molecule has 3 heterocycles. The second-order valence-corrected chi connectivity index (χ2v) is 4.25. The van der Waals surface area contributed by atoms with Crippen LogP contribution in [0.4, 0.5) is 5.82 Å². The maximum absolute atomic E-state index is 5.95. The first-order valence-electron chi connectivity index (χ1n) is 5.54. The summed E-state index contributed by atoms with van der Waals surface area (Å²) in [7, 11) is 0. The molecule has 0 amide bonds. The lowest BCUT2D eigenvalue weighted by Crippen LogP contribution is -2.43. The number of fused-ring (bicyclic) bond motifs is 1. The van der Waals surface area contributed by atoms with E-state index in [4.69, 9.17) is 10.3 Å². The van der Waals surface area contributed by atoms with Crippen LogP contribution < -0.4 is 10.6 Å². The van der Waals surface area contributed by atoms with Crippen molar-refractivity contribution in [2.45, 2.75) is 18.9 Å². The van der Waals surface area contributed by atoms with Crippen LogP contribution in [-0.2, 0) is 0 Å². The van der Waals surface area contributed by atoms with E-state index in [2.05, 4.69) is 15.0 Å². The highest BCUT2D eigenvalue weighted by molar-refractivity contribution is 5.77. The van der Waals surface area contributed by atoms with Gasteiger partial charge < -0.3 is 15.2 Å². The second-order valence-electron chi connectivity index (χ2n) is 4.25. The third-order valence-corrected chi connectivity index (χ3v) is 3.01. The first kappa shape index (κ1) is 9.59. The molecule has 1 atom stereocenters. The van der Waals surface area contributed by atoms with Gasteiger partial charge in [0.2, 0.25) is 0 Å². The number of aromatic nitrogens is 2. The molecule has 5 heteroatoms. The van der Waals surface area contributed by atoms with E-state index in [0.717, 1.165) is 42.7 Å². The van der Waals surface area contributed by atoms with Gasteiger partial charge in [-0.1, -0.05) is 5.16 Å². The van der Waals surface area contributed by atoms with Crippen LogP contribution in [0.25, 0.3) is 11.0 Å². The van der Waals surface area contributed by atoms with Crippen molar-refractivity contribution in [1.82, 2.24) is 10.1 Å². The Hall–Kier alpha value is -1.62. The van der Waals surface area contributed by atoms with Gasteiger partial charge in [0.05, 0.1) is 11.6 Å². The molecule has 3 rings (SSSR count). The van der Waals surface area contributed by atoms with Gasteiger partial charge in [-0.25, -0.2) is 4.98 Å². The normalized spacial score (nSPS) is 21.6. The molecular formula is C11H14N4O. The predicted octanol–water partition coefficient (Wildman–Crippen LogP) is 1.15. The van der Waals surface area contributed by atoms with Crippen LogP contribution in [0.2, 0.25) is 0 Å². The molecule has 84 valence electrons. The molecule has 2 aromatic rings. The van der Waals surface area contributed by atoms with Crippen molar-refractivity contribution in [3.63, 3.8) is 0 Å². The lowest BCUT2D eigenvalue weighted by atomic mass is 10.1. The quantitative estimate of drug-likeness (QED) is 0.777. The topological polar surface area (TPSA) is 68.2 Å². The summed E-state index contributed by atoms with van der Waals surface area (Å²) in [6, 6.07) is 2.18. The van der Waals surface area contributed by atoms with Gasteiger partial charge in [0.15, 0.2) is 5.58 Å². The molecule has 0 aromatic carbocycles. The Bertz CT molecular complexity index is 495. The van der Waals surface area contributed by atoms with Gasteiger partial charge in [-0.15, -0.1) is 0 Å². The summed E-state index contributed by atoms with van der Waals surface area (Å²) in [5.41, 5.74) is 6.73. The molecule has 0 aliphatic carbocycles. The molecule has 1 fully saturated rings. The first-order chi connectivity index (χ1) is 7.83. The largest absolute Gasteiger partial charge is 0.356 e. The van der Waals surface area contributed by atoms with Crippen LogP contribution >= 0.6 is 0 Å². The Labute approximate surface area is 93.2 Å². The Balaban J connectivity index is 1.92. The average Bonchev–Trinajstić information content (AvgIpc) is 2.75. The van der Waals surface area contributed by atoms with Crippen LogP contribution in [-0.4, -0.2) is 29.3 Å². The number of rotatable bonds is 1. The lowest BCUT2D eigenvalue weighted by molar-refractivity contribution is 0.456. The molecule has 16 heavy (non-hydrogen) atoms. The maximum atomic E-state index is 5.95. The van der Waals surface area contributed by atoms with Crippen LogP contribution in [0.3, 0.4) is 0 Å². The smallest absolute Gasteiger partial charge is 0.172 e. The number of anilines is 1. The minimum absolute atomic E-state index is 0.251. The molecule has 0 spiro atoms. The third kappa shape index (κ3) is 1.63. The molecule has 1 aliphatic heterocycles. The fraction of sp³-hybridized carbons (Fsp3) is 0.455. The van der Waals surface area contributed by atoms with E-state index in [0.29, 0.717) is 0 Å². The van der Waals surface area contributed by atoms with E-state index < -0.39 is 0 Å². The zero-order valence-corrected chi connectivity index (χ0v) is 8.97. The van der Waals surface area contributed by atoms with Crippen molar-refractivity contribution >= 4 is 16.8 Å². The van der Waals surface area contributed by atoms with E-state index in [1.165, 1.54) is 0 Å². The zero-order chi connectivity index (χ0) is 11.0. The molecule has 0 bridgehead atoms. The summed E-state index contributed by atoms with van der Waals surface area (Å²) < 4.78 is 5.13. The number of nitrogens with two attached hydrogens (primary N) is 1. The maximum Gasteiger partial charge on any atom is 0.172 e. The van der Waals surface area contributed by atoms with Crippen LogP contribution in [0.5, 0.6) is 0 Å². The molecule has 2 N–H and O–H groups in total. The monoisotopic (exact) mass is 218 g/mol. The van der Waals surface area contributed by atoms with Gasteiger partial charge in [0.1, 0.15) is 5.82 Å². The third-order valence-electron chi connectivity index (χ3n) is 3.01. The van der Waals surface area contributed by atoms with Crippen LogP contribution in [0, 0.1) is 0 Å². The Kier molecular flexibility index (Phi) is 2.25. The summed E-state index contributed by atoms with van der Waals surface area (Å²) in [6.45, 7) is 1.88. The van der Waals surface area contributed by atoms with E-state index in [9.17, 15) is 0 Å². The Morgan fingerprint density at radius 1 is 1.44 bits per heavy atom. The molecule has 1 unspecified atom stereocenters. The Morgan fingerprint density at radius 3 is 3.25 bits per heavy atom. The minimum Gasteiger partial charge on any atom is -0.356 e. The van der Waals surface area contributed by atoms with Gasteiger partial charge in [-0.3, -0.25) is 0 Å². The highest BCUT2D eigenvalue weighted by Crippen LogP contribution is 2.21. The summed E-state index contributed by atoms with van der Waals surface area (Å²) >= 11 is 0. The lowest BCUT2D eigenvalue weighted by Gasteiger charge is -2.31. The standard InChI is InChI=1S/C11H14N4O/c12-9-2-1-3-15(7-9)11-4-10-8(5-13-11)6-14-16-10/h4-6,9H,1-3,7,12H2. The minimum atomic E-state index is 0.251. The van der Waals surface area contributed by atoms with E-state index in [1.807, 2.05) is 6.07 Å².